The SMILES string of the molecule is CC(O)Cc1cnc(-c2cccs2)o1. The van der Waals surface area contributed by atoms with Gasteiger partial charge in [-0.05, 0) is 18.4 Å². The zero-order chi connectivity index (χ0) is 9.97. The minimum absolute atomic E-state index is 0.390. The number of thiophene rings is 1. The summed E-state index contributed by atoms with van der Waals surface area (Å²) >= 11 is 1.59. The first kappa shape index (κ1) is 9.43. The number of nitrogens with zero attached hydrogens (tertiary/aromatic N) is 1. The van der Waals surface area contributed by atoms with Crippen LogP contribution in [0.1, 0.15) is 12.7 Å². The van der Waals surface area contributed by atoms with Crippen LogP contribution in [0, 0.1) is 0 Å². The van der Waals surface area contributed by atoms with Crippen molar-refractivity contribution in [3.63, 3.8) is 0 Å². The first-order valence-electron chi connectivity index (χ1n) is 4.42. The molecule has 2 aromatic heterocycles. The maximum absolute atomic E-state index is 9.16. The van der Waals surface area contributed by atoms with Crippen molar-refractivity contribution >= 4 is 11.3 Å². The molecule has 0 aliphatic rings. The Morgan fingerprint density at radius 2 is 2.50 bits per heavy atom. The van der Waals surface area contributed by atoms with E-state index in [0.717, 1.165) is 10.6 Å². The van der Waals surface area contributed by atoms with E-state index >= 15 is 0 Å². The van der Waals surface area contributed by atoms with Gasteiger partial charge in [0.15, 0.2) is 0 Å². The van der Waals surface area contributed by atoms with Gasteiger partial charge in [0.05, 0.1) is 17.2 Å². The Hall–Kier alpha value is -1.13. The fourth-order valence-electron chi connectivity index (χ4n) is 1.21. The molecule has 2 rings (SSSR count). The van der Waals surface area contributed by atoms with Crippen molar-refractivity contribution in [2.45, 2.75) is 19.4 Å². The molecule has 1 N–H and O–H groups in total. The van der Waals surface area contributed by atoms with Gasteiger partial charge in [0, 0.05) is 6.42 Å². The molecular formula is C10H11NO2S. The van der Waals surface area contributed by atoms with E-state index in [-0.39, 0.29) is 6.10 Å². The maximum atomic E-state index is 9.16. The number of aliphatic hydroxyl groups excluding tert-OH is 1. The van der Waals surface area contributed by atoms with Crippen LogP contribution in [-0.2, 0) is 6.42 Å². The Kier molecular flexibility index (Phi) is 2.65. The van der Waals surface area contributed by atoms with E-state index in [1.54, 1.807) is 24.5 Å². The highest BCUT2D eigenvalue weighted by atomic mass is 32.1. The summed E-state index contributed by atoms with van der Waals surface area (Å²) in [5, 5.41) is 11.1. The van der Waals surface area contributed by atoms with E-state index in [1.807, 2.05) is 17.5 Å². The van der Waals surface area contributed by atoms with E-state index in [4.69, 9.17) is 9.52 Å². The number of hydrogen-bond donors (Lipinski definition) is 1. The Labute approximate surface area is 86.0 Å². The van der Waals surface area contributed by atoms with Crippen LogP contribution < -0.4 is 0 Å². The van der Waals surface area contributed by atoms with Gasteiger partial charge < -0.3 is 9.52 Å². The molecule has 0 saturated carbocycles. The van der Waals surface area contributed by atoms with Gasteiger partial charge in [-0.2, -0.15) is 0 Å². The predicted octanol–water partition coefficient (Wildman–Crippen LogP) is 2.33. The zero-order valence-electron chi connectivity index (χ0n) is 7.80. The summed E-state index contributed by atoms with van der Waals surface area (Å²) in [5.74, 6) is 1.36. The highest BCUT2D eigenvalue weighted by Crippen LogP contribution is 2.24. The first-order valence-corrected chi connectivity index (χ1v) is 5.30. The molecule has 3 nitrogen and oxygen atoms in total. The van der Waals surface area contributed by atoms with Crippen molar-refractivity contribution in [2.75, 3.05) is 0 Å². The molecule has 0 aliphatic carbocycles. The second-order valence-electron chi connectivity index (χ2n) is 3.16. The number of aromatic nitrogens is 1. The van der Waals surface area contributed by atoms with Gasteiger partial charge in [-0.15, -0.1) is 11.3 Å². The highest BCUT2D eigenvalue weighted by Gasteiger charge is 2.08. The smallest absolute Gasteiger partial charge is 0.236 e. The van der Waals surface area contributed by atoms with Crippen molar-refractivity contribution in [3.8, 4) is 10.8 Å². The number of aliphatic hydroxyl groups is 1. The Balaban J connectivity index is 2.18. The summed E-state index contributed by atoms with van der Waals surface area (Å²) in [6.07, 6.45) is 1.79. The Morgan fingerprint density at radius 1 is 1.64 bits per heavy atom. The van der Waals surface area contributed by atoms with Gasteiger partial charge in [-0.1, -0.05) is 6.07 Å². The van der Waals surface area contributed by atoms with Crippen LogP contribution in [0.25, 0.3) is 10.8 Å². The van der Waals surface area contributed by atoms with Gasteiger partial charge >= 0.3 is 0 Å². The molecule has 0 bridgehead atoms. The van der Waals surface area contributed by atoms with E-state index in [0.29, 0.717) is 12.3 Å². The topological polar surface area (TPSA) is 46.3 Å². The van der Waals surface area contributed by atoms with E-state index in [1.165, 1.54) is 0 Å². The molecule has 2 heterocycles. The molecule has 1 unspecified atom stereocenters. The number of hydrogen-bond acceptors (Lipinski definition) is 4. The minimum Gasteiger partial charge on any atom is -0.440 e. The van der Waals surface area contributed by atoms with Crippen LogP contribution in [0.4, 0.5) is 0 Å². The molecule has 14 heavy (non-hydrogen) atoms. The van der Waals surface area contributed by atoms with Crippen molar-refractivity contribution in [1.82, 2.24) is 4.98 Å². The fourth-order valence-corrected chi connectivity index (χ4v) is 1.86. The summed E-state index contributed by atoms with van der Waals surface area (Å²) in [5.41, 5.74) is 0. The molecule has 0 fully saturated rings. The summed E-state index contributed by atoms with van der Waals surface area (Å²) in [4.78, 5) is 5.16. The summed E-state index contributed by atoms with van der Waals surface area (Å²) in [6.45, 7) is 1.73. The first-order chi connectivity index (χ1) is 6.75. The molecule has 0 saturated heterocycles. The van der Waals surface area contributed by atoms with Gasteiger partial charge in [-0.25, -0.2) is 4.98 Å². The third-order valence-electron chi connectivity index (χ3n) is 1.78. The Morgan fingerprint density at radius 3 is 3.14 bits per heavy atom. The normalized spacial score (nSPS) is 13.0. The van der Waals surface area contributed by atoms with Gasteiger partial charge in [0.2, 0.25) is 5.89 Å². The predicted molar refractivity (Wildman–Crippen MR) is 55.2 cm³/mol. The summed E-state index contributed by atoms with van der Waals surface area (Å²) < 4.78 is 5.48. The molecule has 2 aromatic rings. The second-order valence-corrected chi connectivity index (χ2v) is 4.11. The van der Waals surface area contributed by atoms with Crippen molar-refractivity contribution < 1.29 is 9.52 Å². The lowest BCUT2D eigenvalue weighted by atomic mass is 10.2. The van der Waals surface area contributed by atoms with E-state index in [9.17, 15) is 0 Å². The third-order valence-corrected chi connectivity index (χ3v) is 2.64. The van der Waals surface area contributed by atoms with Gasteiger partial charge in [0.25, 0.3) is 0 Å². The van der Waals surface area contributed by atoms with Crippen LogP contribution >= 0.6 is 11.3 Å². The zero-order valence-corrected chi connectivity index (χ0v) is 8.62. The molecule has 0 radical (unpaired) electrons. The van der Waals surface area contributed by atoms with Crippen molar-refractivity contribution in [3.05, 3.63) is 29.5 Å². The van der Waals surface area contributed by atoms with Gasteiger partial charge in [-0.3, -0.25) is 0 Å². The standard InChI is InChI=1S/C10H11NO2S/c1-7(12)5-8-6-11-10(13-8)9-3-2-4-14-9/h2-4,6-7,12H,5H2,1H3. The largest absolute Gasteiger partial charge is 0.440 e. The molecule has 0 aliphatic heterocycles. The molecule has 4 heteroatoms. The summed E-state index contributed by atoms with van der Waals surface area (Å²) in [6, 6.07) is 3.92. The third kappa shape index (κ3) is 2.02. The average Bonchev–Trinajstić information content (AvgIpc) is 2.69. The van der Waals surface area contributed by atoms with E-state index in [2.05, 4.69) is 4.98 Å². The number of oxazole rings is 1. The van der Waals surface area contributed by atoms with Crippen LogP contribution in [0.2, 0.25) is 0 Å². The van der Waals surface area contributed by atoms with E-state index < -0.39 is 0 Å². The average molecular weight is 209 g/mol. The summed E-state index contributed by atoms with van der Waals surface area (Å²) in [7, 11) is 0. The van der Waals surface area contributed by atoms with Crippen molar-refractivity contribution in [1.29, 1.82) is 0 Å². The van der Waals surface area contributed by atoms with Crippen LogP contribution in [0.15, 0.2) is 28.1 Å². The highest BCUT2D eigenvalue weighted by molar-refractivity contribution is 7.13. The van der Waals surface area contributed by atoms with Crippen molar-refractivity contribution in [2.24, 2.45) is 0 Å². The van der Waals surface area contributed by atoms with Crippen LogP contribution in [0.3, 0.4) is 0 Å². The van der Waals surface area contributed by atoms with Crippen LogP contribution in [0.5, 0.6) is 0 Å². The molecule has 0 spiro atoms. The second kappa shape index (κ2) is 3.94. The lowest BCUT2D eigenvalue weighted by Gasteiger charge is -1.97. The monoisotopic (exact) mass is 209 g/mol. The Bertz CT molecular complexity index is 392. The fraction of sp³-hybridized carbons (Fsp3) is 0.300. The number of rotatable bonds is 3. The molecule has 0 amide bonds. The molecule has 74 valence electrons. The lowest BCUT2D eigenvalue weighted by Crippen LogP contribution is -2.02. The maximum Gasteiger partial charge on any atom is 0.236 e. The molecular weight excluding hydrogens is 198 g/mol. The molecule has 0 aromatic carbocycles. The van der Waals surface area contributed by atoms with Gasteiger partial charge in [0.1, 0.15) is 5.76 Å². The minimum atomic E-state index is -0.390. The quantitative estimate of drug-likeness (QED) is 0.843. The lowest BCUT2D eigenvalue weighted by molar-refractivity contribution is 0.187. The van der Waals surface area contributed by atoms with Crippen LogP contribution in [-0.4, -0.2) is 16.2 Å². The molecule has 1 atom stereocenters.